The van der Waals surface area contributed by atoms with Crippen molar-refractivity contribution in [1.82, 2.24) is 9.97 Å². The molecule has 1 radical (unpaired) electrons. The second-order valence-electron chi connectivity index (χ2n) is 2.63. The van der Waals surface area contributed by atoms with E-state index >= 15 is 0 Å². The fourth-order valence-corrected chi connectivity index (χ4v) is 2.20. The van der Waals surface area contributed by atoms with Gasteiger partial charge in [-0.3, -0.25) is 0 Å². The normalized spacial score (nSPS) is 11.4. The summed E-state index contributed by atoms with van der Waals surface area (Å²) in [7, 11) is -3.48. The van der Waals surface area contributed by atoms with E-state index in [1.807, 2.05) is 0 Å². The fraction of sp³-hybridized carbons (Fsp3) is 0. The molecule has 2 rings (SSSR count). The highest BCUT2D eigenvalue weighted by Crippen LogP contribution is 2.15. The maximum Gasteiger partial charge on any atom is 0.239 e. The van der Waals surface area contributed by atoms with Crippen LogP contribution < -0.4 is 0 Å². The molecule has 0 aliphatic carbocycles. The summed E-state index contributed by atoms with van der Waals surface area (Å²) >= 11 is 0. The summed E-state index contributed by atoms with van der Waals surface area (Å²) < 4.78 is 23.6. The lowest BCUT2D eigenvalue weighted by Gasteiger charge is -1.98. The first-order valence-electron chi connectivity index (χ1n) is 3.92. The van der Waals surface area contributed by atoms with Gasteiger partial charge in [0, 0.05) is 12.4 Å². The van der Waals surface area contributed by atoms with Gasteiger partial charge in [-0.05, 0) is 18.2 Å². The van der Waals surface area contributed by atoms with Crippen molar-refractivity contribution in [2.45, 2.75) is 10.1 Å². The van der Waals surface area contributed by atoms with E-state index in [4.69, 9.17) is 0 Å². The van der Waals surface area contributed by atoms with Gasteiger partial charge in [0.1, 0.15) is 0 Å². The van der Waals surface area contributed by atoms with E-state index in [0.717, 1.165) is 0 Å². The van der Waals surface area contributed by atoms with Crippen LogP contribution in [-0.4, -0.2) is 18.4 Å². The Balaban J connectivity index is 2.55. The Morgan fingerprint density at radius 1 is 1.29 bits per heavy atom. The van der Waals surface area contributed by atoms with Gasteiger partial charge < -0.3 is 4.98 Å². The third-order valence-corrected chi connectivity index (χ3v) is 3.35. The smallest absolute Gasteiger partial charge is 0.239 e. The van der Waals surface area contributed by atoms with Crippen LogP contribution in [0.1, 0.15) is 0 Å². The van der Waals surface area contributed by atoms with Crippen LogP contribution in [0, 0.1) is 6.07 Å². The monoisotopic (exact) mass is 207 g/mol. The Morgan fingerprint density at radius 2 is 2.00 bits per heavy atom. The summed E-state index contributed by atoms with van der Waals surface area (Å²) in [5.74, 6) is 0. The molecule has 0 amide bonds. The van der Waals surface area contributed by atoms with Crippen LogP contribution in [0.3, 0.4) is 0 Å². The molecular formula is C9H7N2O2S. The molecule has 4 nitrogen and oxygen atoms in total. The number of rotatable bonds is 2. The largest absolute Gasteiger partial charge is 0.335 e. The van der Waals surface area contributed by atoms with Crippen LogP contribution in [0.4, 0.5) is 0 Å². The Hall–Kier alpha value is -1.62. The van der Waals surface area contributed by atoms with E-state index in [2.05, 4.69) is 16.0 Å². The summed E-state index contributed by atoms with van der Waals surface area (Å²) in [6, 6.07) is 8.83. The Morgan fingerprint density at radius 3 is 2.57 bits per heavy atom. The standard InChI is InChI=1S/C9H7N2O2S/c12-14(13,9-10-6-7-11-9)8-4-2-1-3-5-8/h2-7H,(H,10,11). The van der Waals surface area contributed by atoms with E-state index in [1.54, 1.807) is 12.1 Å². The Bertz CT molecular complexity index is 503. The van der Waals surface area contributed by atoms with Gasteiger partial charge in [0.15, 0.2) is 0 Å². The topological polar surface area (TPSA) is 62.8 Å². The molecule has 0 aliphatic rings. The molecule has 0 spiro atoms. The lowest BCUT2D eigenvalue weighted by Crippen LogP contribution is -2.03. The first-order chi connectivity index (χ1) is 6.71. The molecule has 0 unspecified atom stereocenters. The minimum Gasteiger partial charge on any atom is -0.335 e. The maximum atomic E-state index is 11.8. The van der Waals surface area contributed by atoms with Gasteiger partial charge in [0.2, 0.25) is 15.0 Å². The Labute approximate surface area is 81.5 Å². The van der Waals surface area contributed by atoms with Crippen LogP contribution in [0.5, 0.6) is 0 Å². The van der Waals surface area contributed by atoms with E-state index in [9.17, 15) is 8.42 Å². The van der Waals surface area contributed by atoms with Crippen molar-refractivity contribution in [2.75, 3.05) is 0 Å². The molecule has 0 saturated carbocycles. The number of imidazole rings is 1. The predicted octanol–water partition coefficient (Wildman–Crippen LogP) is 1.04. The maximum absolute atomic E-state index is 11.8. The van der Waals surface area contributed by atoms with Gasteiger partial charge in [-0.15, -0.1) is 0 Å². The number of nitrogens with one attached hydrogen (secondary N) is 1. The number of nitrogens with zero attached hydrogens (tertiary/aromatic N) is 1. The molecule has 14 heavy (non-hydrogen) atoms. The zero-order valence-electron chi connectivity index (χ0n) is 7.14. The molecule has 5 heteroatoms. The molecule has 0 aliphatic heterocycles. The number of aromatic amines is 1. The van der Waals surface area contributed by atoms with Crippen molar-refractivity contribution in [3.8, 4) is 0 Å². The third-order valence-electron chi connectivity index (χ3n) is 1.73. The lowest BCUT2D eigenvalue weighted by molar-refractivity contribution is 0.589. The number of sulfone groups is 1. The molecule has 71 valence electrons. The average Bonchev–Trinajstić information content (AvgIpc) is 2.72. The van der Waals surface area contributed by atoms with Gasteiger partial charge >= 0.3 is 0 Å². The van der Waals surface area contributed by atoms with Crippen LogP contribution >= 0.6 is 0 Å². The number of benzene rings is 1. The molecule has 1 aromatic carbocycles. The summed E-state index contributed by atoms with van der Waals surface area (Å²) in [5, 5.41) is -0.0382. The minimum absolute atomic E-state index is 0.0382. The van der Waals surface area contributed by atoms with Crippen LogP contribution in [-0.2, 0) is 9.84 Å². The number of hydrogen-bond acceptors (Lipinski definition) is 3. The molecule has 0 bridgehead atoms. The number of hydrogen-bond donors (Lipinski definition) is 1. The van der Waals surface area contributed by atoms with Gasteiger partial charge in [-0.2, -0.15) is 0 Å². The lowest BCUT2D eigenvalue weighted by atomic mass is 10.4. The number of aromatic nitrogens is 2. The molecule has 0 saturated heterocycles. The molecular weight excluding hydrogens is 200 g/mol. The van der Waals surface area contributed by atoms with Gasteiger partial charge in [0.25, 0.3) is 0 Å². The van der Waals surface area contributed by atoms with Gasteiger partial charge in [-0.1, -0.05) is 12.1 Å². The second-order valence-corrected chi connectivity index (χ2v) is 4.50. The molecule has 0 fully saturated rings. The van der Waals surface area contributed by atoms with E-state index in [1.165, 1.54) is 24.5 Å². The van der Waals surface area contributed by atoms with Crippen molar-refractivity contribution in [2.24, 2.45) is 0 Å². The molecule has 0 atom stereocenters. The zero-order valence-corrected chi connectivity index (χ0v) is 7.95. The van der Waals surface area contributed by atoms with Gasteiger partial charge in [-0.25, -0.2) is 13.4 Å². The zero-order chi connectivity index (χ0) is 10.0. The highest BCUT2D eigenvalue weighted by molar-refractivity contribution is 7.91. The number of H-pyrrole nitrogens is 1. The summed E-state index contributed by atoms with van der Waals surface area (Å²) in [6.07, 6.45) is 2.88. The minimum atomic E-state index is -3.48. The highest BCUT2D eigenvalue weighted by atomic mass is 32.2. The third kappa shape index (κ3) is 1.42. The first-order valence-corrected chi connectivity index (χ1v) is 5.40. The summed E-state index contributed by atoms with van der Waals surface area (Å²) in [6.45, 7) is 0. The quantitative estimate of drug-likeness (QED) is 0.800. The predicted molar refractivity (Wildman–Crippen MR) is 49.3 cm³/mol. The van der Waals surface area contributed by atoms with E-state index < -0.39 is 9.84 Å². The van der Waals surface area contributed by atoms with Crippen molar-refractivity contribution in [1.29, 1.82) is 0 Å². The van der Waals surface area contributed by atoms with Crippen molar-refractivity contribution >= 4 is 9.84 Å². The molecule has 1 heterocycles. The summed E-state index contributed by atoms with van der Waals surface area (Å²) in [5.41, 5.74) is 0. The first kappa shape index (κ1) is 8.96. The molecule has 1 N–H and O–H groups in total. The highest BCUT2D eigenvalue weighted by Gasteiger charge is 2.18. The van der Waals surface area contributed by atoms with Crippen LogP contribution in [0.25, 0.3) is 0 Å². The molecule has 2 aromatic rings. The van der Waals surface area contributed by atoms with Crippen molar-refractivity contribution < 1.29 is 8.42 Å². The van der Waals surface area contributed by atoms with E-state index in [0.29, 0.717) is 0 Å². The van der Waals surface area contributed by atoms with Crippen LogP contribution in [0.15, 0.2) is 46.7 Å². The summed E-state index contributed by atoms with van der Waals surface area (Å²) in [4.78, 5) is 6.49. The van der Waals surface area contributed by atoms with Crippen molar-refractivity contribution in [3.05, 3.63) is 42.7 Å². The van der Waals surface area contributed by atoms with Gasteiger partial charge in [0.05, 0.1) is 4.90 Å². The average molecular weight is 207 g/mol. The van der Waals surface area contributed by atoms with Crippen LogP contribution in [0.2, 0.25) is 0 Å². The second kappa shape index (κ2) is 3.26. The fourth-order valence-electron chi connectivity index (χ4n) is 1.06. The Kier molecular flexibility index (Phi) is 2.09. The van der Waals surface area contributed by atoms with Crippen molar-refractivity contribution in [3.63, 3.8) is 0 Å². The van der Waals surface area contributed by atoms with E-state index in [-0.39, 0.29) is 10.1 Å². The SMILES string of the molecule is O=S(=O)(c1cc[c]cc1)c1ncc[nH]1. The molecule has 1 aromatic heterocycles.